The first-order chi connectivity index (χ1) is 9.20. The average Bonchev–Trinajstić information content (AvgIpc) is 2.43. The number of rotatable bonds is 2. The summed E-state index contributed by atoms with van der Waals surface area (Å²) in [6.07, 6.45) is 2.69. The van der Waals surface area contributed by atoms with E-state index in [4.69, 9.17) is 12.2 Å². The molecule has 3 N–H and O–H groups in total. The van der Waals surface area contributed by atoms with Gasteiger partial charge in [-0.1, -0.05) is 17.7 Å². The molecule has 0 aliphatic carbocycles. The standard InChI is InChI=1S/C15H21N3S/c1-11-2-4-13(5-3-11)16-15(19)17-14-10-18-8-6-12(14)7-9-18/h2-5,12,14H,6-10H2,1H3,(H2,16,17,19)/p+1/t14-/m0/s1. The van der Waals surface area contributed by atoms with Crippen molar-refractivity contribution in [1.29, 1.82) is 0 Å². The van der Waals surface area contributed by atoms with Gasteiger partial charge in [-0.2, -0.15) is 0 Å². The van der Waals surface area contributed by atoms with Crippen molar-refractivity contribution >= 4 is 23.0 Å². The van der Waals surface area contributed by atoms with Crippen molar-refractivity contribution in [2.75, 3.05) is 25.0 Å². The number of benzene rings is 1. The third kappa shape index (κ3) is 3.07. The van der Waals surface area contributed by atoms with Crippen molar-refractivity contribution in [3.63, 3.8) is 0 Å². The Kier molecular flexibility index (Phi) is 3.71. The van der Waals surface area contributed by atoms with Crippen molar-refractivity contribution in [2.24, 2.45) is 5.92 Å². The van der Waals surface area contributed by atoms with Crippen LogP contribution in [0.4, 0.5) is 5.69 Å². The van der Waals surface area contributed by atoms with Gasteiger partial charge in [-0.15, -0.1) is 0 Å². The number of quaternary nitrogens is 1. The highest BCUT2D eigenvalue weighted by molar-refractivity contribution is 7.80. The molecule has 0 amide bonds. The molecule has 0 radical (unpaired) electrons. The fourth-order valence-electron chi connectivity index (χ4n) is 3.27. The van der Waals surface area contributed by atoms with E-state index in [0.29, 0.717) is 6.04 Å². The lowest BCUT2D eigenvalue weighted by Gasteiger charge is -2.42. The summed E-state index contributed by atoms with van der Waals surface area (Å²) < 4.78 is 0. The number of anilines is 1. The lowest BCUT2D eigenvalue weighted by molar-refractivity contribution is -0.917. The topological polar surface area (TPSA) is 28.5 Å². The number of fused-ring (bicyclic) bond motifs is 3. The zero-order valence-electron chi connectivity index (χ0n) is 11.4. The Bertz CT molecular complexity index is 449. The maximum atomic E-state index is 5.43. The zero-order valence-corrected chi connectivity index (χ0v) is 12.2. The van der Waals surface area contributed by atoms with Gasteiger partial charge in [-0.25, -0.2) is 0 Å². The highest BCUT2D eigenvalue weighted by atomic mass is 32.1. The van der Waals surface area contributed by atoms with Crippen LogP contribution < -0.4 is 15.5 Å². The monoisotopic (exact) mass is 276 g/mol. The fraction of sp³-hybridized carbons (Fsp3) is 0.533. The van der Waals surface area contributed by atoms with Gasteiger partial charge in [0.15, 0.2) is 5.11 Å². The summed E-state index contributed by atoms with van der Waals surface area (Å²) in [6, 6.07) is 8.91. The number of hydrogen-bond donors (Lipinski definition) is 3. The molecule has 0 spiro atoms. The number of thiocarbonyl (C=S) groups is 1. The van der Waals surface area contributed by atoms with E-state index in [0.717, 1.165) is 16.7 Å². The Morgan fingerprint density at radius 1 is 1.21 bits per heavy atom. The highest BCUT2D eigenvalue weighted by Crippen LogP contribution is 2.18. The van der Waals surface area contributed by atoms with Gasteiger partial charge in [0.05, 0.1) is 25.7 Å². The molecule has 1 aromatic rings. The van der Waals surface area contributed by atoms with E-state index in [1.165, 1.54) is 38.0 Å². The van der Waals surface area contributed by atoms with Gasteiger partial charge in [-0.3, -0.25) is 0 Å². The van der Waals surface area contributed by atoms with Crippen LogP contribution in [0.3, 0.4) is 0 Å². The van der Waals surface area contributed by atoms with Crippen molar-refractivity contribution < 1.29 is 4.90 Å². The second-order valence-corrected chi connectivity index (χ2v) is 6.27. The van der Waals surface area contributed by atoms with Crippen LogP contribution in [-0.2, 0) is 0 Å². The smallest absolute Gasteiger partial charge is 0.171 e. The second kappa shape index (κ2) is 5.47. The molecule has 0 unspecified atom stereocenters. The molecule has 3 fully saturated rings. The Labute approximate surface area is 120 Å². The van der Waals surface area contributed by atoms with Gasteiger partial charge in [0.25, 0.3) is 0 Å². The normalized spacial score (nSPS) is 29.0. The first-order valence-corrected chi connectivity index (χ1v) is 7.59. The molecule has 3 heterocycles. The van der Waals surface area contributed by atoms with E-state index in [-0.39, 0.29) is 0 Å². The van der Waals surface area contributed by atoms with Gasteiger partial charge in [-0.05, 0) is 37.2 Å². The quantitative estimate of drug-likeness (QED) is 0.703. The van der Waals surface area contributed by atoms with E-state index in [1.807, 2.05) is 0 Å². The Morgan fingerprint density at radius 3 is 2.47 bits per heavy atom. The molecule has 3 aliphatic heterocycles. The van der Waals surface area contributed by atoms with Crippen LogP contribution in [0.15, 0.2) is 24.3 Å². The van der Waals surface area contributed by atoms with E-state index in [2.05, 4.69) is 41.8 Å². The second-order valence-electron chi connectivity index (χ2n) is 5.86. The Balaban J connectivity index is 1.55. The summed E-state index contributed by atoms with van der Waals surface area (Å²) in [5.41, 5.74) is 2.34. The first kappa shape index (κ1) is 12.9. The van der Waals surface area contributed by atoms with E-state index in [9.17, 15) is 0 Å². The van der Waals surface area contributed by atoms with Gasteiger partial charge in [0.1, 0.15) is 0 Å². The summed E-state index contributed by atoms with van der Waals surface area (Å²) in [6.45, 7) is 6.01. The Morgan fingerprint density at radius 2 is 1.89 bits per heavy atom. The van der Waals surface area contributed by atoms with Gasteiger partial charge < -0.3 is 15.5 Å². The summed E-state index contributed by atoms with van der Waals surface area (Å²) >= 11 is 5.43. The molecule has 1 atom stereocenters. The number of piperidine rings is 3. The lowest BCUT2D eigenvalue weighted by Crippen LogP contribution is -3.17. The van der Waals surface area contributed by atoms with Crippen LogP contribution in [0.1, 0.15) is 18.4 Å². The molecule has 2 bridgehead atoms. The minimum Gasteiger partial charge on any atom is -0.354 e. The minimum absolute atomic E-state index is 0.558. The molecule has 0 aromatic heterocycles. The van der Waals surface area contributed by atoms with Crippen molar-refractivity contribution in [1.82, 2.24) is 5.32 Å². The maximum absolute atomic E-state index is 5.43. The van der Waals surface area contributed by atoms with Crippen molar-refractivity contribution in [2.45, 2.75) is 25.8 Å². The molecular weight excluding hydrogens is 254 g/mol. The van der Waals surface area contributed by atoms with Crippen molar-refractivity contribution in [3.8, 4) is 0 Å². The number of nitrogens with one attached hydrogen (secondary N) is 3. The van der Waals surface area contributed by atoms with Crippen LogP contribution in [0.2, 0.25) is 0 Å². The molecule has 3 saturated heterocycles. The van der Waals surface area contributed by atoms with Crippen LogP contribution in [0.5, 0.6) is 0 Å². The third-order valence-corrected chi connectivity index (χ3v) is 4.66. The van der Waals surface area contributed by atoms with Crippen LogP contribution in [0, 0.1) is 12.8 Å². The number of aryl methyl sites for hydroxylation is 1. The van der Waals surface area contributed by atoms with Gasteiger partial charge in [0, 0.05) is 18.5 Å². The summed E-state index contributed by atoms with van der Waals surface area (Å²) in [5, 5.41) is 7.57. The maximum Gasteiger partial charge on any atom is 0.171 e. The molecular formula is C15H22N3S+. The predicted molar refractivity (Wildman–Crippen MR) is 82.6 cm³/mol. The number of hydrogen-bond acceptors (Lipinski definition) is 1. The molecule has 102 valence electrons. The van der Waals surface area contributed by atoms with E-state index in [1.54, 1.807) is 4.90 Å². The summed E-state index contributed by atoms with van der Waals surface area (Å²) in [7, 11) is 0. The van der Waals surface area contributed by atoms with Crippen LogP contribution in [0.25, 0.3) is 0 Å². The predicted octanol–water partition coefficient (Wildman–Crippen LogP) is 0.959. The first-order valence-electron chi connectivity index (χ1n) is 7.18. The highest BCUT2D eigenvalue weighted by Gasteiger charge is 2.37. The summed E-state index contributed by atoms with van der Waals surface area (Å²) in [5.74, 6) is 0.815. The molecule has 19 heavy (non-hydrogen) atoms. The molecule has 4 rings (SSSR count). The third-order valence-electron chi connectivity index (χ3n) is 4.44. The van der Waals surface area contributed by atoms with E-state index < -0.39 is 0 Å². The molecule has 1 aromatic carbocycles. The Hall–Kier alpha value is -1.13. The zero-order chi connectivity index (χ0) is 13.2. The average molecular weight is 276 g/mol. The van der Waals surface area contributed by atoms with E-state index >= 15 is 0 Å². The minimum atomic E-state index is 0.558. The van der Waals surface area contributed by atoms with Crippen LogP contribution >= 0.6 is 12.2 Å². The SMILES string of the molecule is Cc1ccc(NC(=S)N[C@H]2C[NH+]3CCC2CC3)cc1. The molecule has 3 aliphatic rings. The largest absolute Gasteiger partial charge is 0.354 e. The summed E-state index contributed by atoms with van der Waals surface area (Å²) in [4.78, 5) is 1.73. The fourth-order valence-corrected chi connectivity index (χ4v) is 3.54. The van der Waals surface area contributed by atoms with Gasteiger partial charge >= 0.3 is 0 Å². The van der Waals surface area contributed by atoms with Crippen LogP contribution in [-0.4, -0.2) is 30.8 Å². The lowest BCUT2D eigenvalue weighted by atomic mass is 9.84. The van der Waals surface area contributed by atoms with Gasteiger partial charge in [0.2, 0.25) is 0 Å². The molecule has 0 saturated carbocycles. The van der Waals surface area contributed by atoms with Crippen molar-refractivity contribution in [3.05, 3.63) is 29.8 Å². The molecule has 4 heteroatoms. The molecule has 3 nitrogen and oxygen atoms in total.